The highest BCUT2D eigenvalue weighted by Crippen LogP contribution is 2.26. The van der Waals surface area contributed by atoms with Crippen molar-refractivity contribution in [1.29, 1.82) is 0 Å². The largest absolute Gasteiger partial charge is 0.325 e. The molecule has 0 aliphatic carbocycles. The highest BCUT2D eigenvalue weighted by molar-refractivity contribution is 7.89. The number of amides is 1. The Morgan fingerprint density at radius 2 is 1.69 bits per heavy atom. The van der Waals surface area contributed by atoms with Gasteiger partial charge in [0.25, 0.3) is 0 Å². The lowest BCUT2D eigenvalue weighted by Gasteiger charge is -2.33. The number of piperidine rings is 1. The summed E-state index contributed by atoms with van der Waals surface area (Å²) in [4.78, 5) is 13.1. The van der Waals surface area contributed by atoms with E-state index in [1.54, 1.807) is 30.3 Å². The van der Waals surface area contributed by atoms with Gasteiger partial charge in [0.05, 0.1) is 4.90 Å². The van der Waals surface area contributed by atoms with E-state index in [4.69, 9.17) is 0 Å². The Morgan fingerprint density at radius 3 is 2.35 bits per heavy atom. The maximum atomic E-state index is 13.0. The number of benzene rings is 2. The van der Waals surface area contributed by atoms with Crippen molar-refractivity contribution in [2.45, 2.75) is 44.0 Å². The van der Waals surface area contributed by atoms with Crippen molar-refractivity contribution < 1.29 is 13.2 Å². The quantitative estimate of drug-likeness (QED) is 0.893. The molecule has 3 rings (SSSR count). The van der Waals surface area contributed by atoms with E-state index in [-0.39, 0.29) is 10.8 Å². The third-order valence-electron chi connectivity index (χ3n) is 4.60. The van der Waals surface area contributed by atoms with Crippen LogP contribution in [0.4, 0.5) is 5.69 Å². The molecule has 0 saturated carbocycles. The fourth-order valence-corrected chi connectivity index (χ4v) is 5.13. The van der Waals surface area contributed by atoms with Gasteiger partial charge in [-0.3, -0.25) is 4.79 Å². The molecule has 138 valence electrons. The number of anilines is 1. The van der Waals surface area contributed by atoms with E-state index in [0.717, 1.165) is 24.0 Å². The minimum Gasteiger partial charge on any atom is -0.325 e. The Labute approximate surface area is 155 Å². The van der Waals surface area contributed by atoms with Gasteiger partial charge in [-0.2, -0.15) is 4.31 Å². The molecule has 0 bridgehead atoms. The van der Waals surface area contributed by atoms with Crippen LogP contribution in [-0.4, -0.2) is 31.2 Å². The summed E-state index contributed by atoms with van der Waals surface area (Å²) in [6, 6.07) is 13.4. The van der Waals surface area contributed by atoms with E-state index in [1.165, 1.54) is 4.31 Å². The lowest BCUT2D eigenvalue weighted by atomic mass is 10.0. The van der Waals surface area contributed by atoms with Gasteiger partial charge in [-0.1, -0.05) is 30.7 Å². The van der Waals surface area contributed by atoms with Crippen LogP contribution in [0.15, 0.2) is 53.4 Å². The van der Waals surface area contributed by atoms with Gasteiger partial charge in [0.1, 0.15) is 6.04 Å². The number of hydrogen-bond donors (Lipinski definition) is 1. The Bertz CT molecular complexity index is 874. The summed E-state index contributed by atoms with van der Waals surface area (Å²) >= 11 is 0. The summed E-state index contributed by atoms with van der Waals surface area (Å²) in [5.74, 6) is -0.269. The standard InChI is InChI=1S/C20H24N2O3S/c1-15-12-16(2)14-17(13-15)21-20(23)19-10-6-7-11-22(19)26(24,25)18-8-4-3-5-9-18/h3-5,8-9,12-14,19H,6-7,10-11H2,1-2H3,(H,21,23)/t19-/m0/s1. The van der Waals surface area contributed by atoms with Crippen LogP contribution in [0.3, 0.4) is 0 Å². The number of aryl methyl sites for hydroxylation is 2. The molecule has 26 heavy (non-hydrogen) atoms. The van der Waals surface area contributed by atoms with E-state index >= 15 is 0 Å². The third-order valence-corrected chi connectivity index (χ3v) is 6.52. The summed E-state index contributed by atoms with van der Waals surface area (Å²) in [7, 11) is -3.69. The van der Waals surface area contributed by atoms with Crippen LogP contribution in [0.1, 0.15) is 30.4 Å². The van der Waals surface area contributed by atoms with Crippen LogP contribution < -0.4 is 5.32 Å². The molecular weight excluding hydrogens is 348 g/mol. The van der Waals surface area contributed by atoms with Crippen LogP contribution in [0, 0.1) is 13.8 Å². The van der Waals surface area contributed by atoms with Gasteiger partial charge in [-0.25, -0.2) is 8.42 Å². The molecule has 0 unspecified atom stereocenters. The Morgan fingerprint density at radius 1 is 1.04 bits per heavy atom. The number of carbonyl (C=O) groups is 1. The van der Waals surface area contributed by atoms with Crippen molar-refractivity contribution in [1.82, 2.24) is 4.31 Å². The van der Waals surface area contributed by atoms with Crippen molar-refractivity contribution >= 4 is 21.6 Å². The molecule has 1 aliphatic heterocycles. The molecule has 2 aromatic rings. The monoisotopic (exact) mass is 372 g/mol. The summed E-state index contributed by atoms with van der Waals surface area (Å²) in [6.45, 7) is 4.30. The van der Waals surface area contributed by atoms with Crippen molar-refractivity contribution in [3.8, 4) is 0 Å². The number of carbonyl (C=O) groups excluding carboxylic acids is 1. The van der Waals surface area contributed by atoms with Crippen LogP contribution in [0.25, 0.3) is 0 Å². The Hall–Kier alpha value is -2.18. The number of rotatable bonds is 4. The average Bonchev–Trinajstić information content (AvgIpc) is 2.61. The second kappa shape index (κ2) is 7.60. The highest BCUT2D eigenvalue weighted by Gasteiger charge is 2.37. The summed E-state index contributed by atoms with van der Waals surface area (Å²) in [5, 5.41) is 2.90. The third kappa shape index (κ3) is 3.97. The van der Waals surface area contributed by atoms with Gasteiger partial charge in [-0.05, 0) is 62.1 Å². The molecule has 2 aromatic carbocycles. The molecule has 1 N–H and O–H groups in total. The van der Waals surface area contributed by atoms with E-state index in [9.17, 15) is 13.2 Å². The van der Waals surface area contributed by atoms with E-state index in [2.05, 4.69) is 5.32 Å². The first-order valence-electron chi connectivity index (χ1n) is 8.84. The average molecular weight is 372 g/mol. The molecule has 0 radical (unpaired) electrons. The molecule has 1 atom stereocenters. The zero-order valence-electron chi connectivity index (χ0n) is 15.1. The van der Waals surface area contributed by atoms with E-state index in [1.807, 2.05) is 32.0 Å². The Kier molecular flexibility index (Phi) is 5.44. The van der Waals surface area contributed by atoms with Crippen LogP contribution in [0.2, 0.25) is 0 Å². The first-order chi connectivity index (χ1) is 12.4. The topological polar surface area (TPSA) is 66.5 Å². The maximum Gasteiger partial charge on any atom is 0.243 e. The molecule has 1 saturated heterocycles. The first-order valence-corrected chi connectivity index (χ1v) is 10.3. The number of nitrogens with one attached hydrogen (secondary N) is 1. The van der Waals surface area contributed by atoms with Gasteiger partial charge in [0.2, 0.25) is 15.9 Å². The maximum absolute atomic E-state index is 13.0. The van der Waals surface area contributed by atoms with Gasteiger partial charge in [0.15, 0.2) is 0 Å². The lowest BCUT2D eigenvalue weighted by molar-refractivity contribution is -0.120. The van der Waals surface area contributed by atoms with Crippen molar-refractivity contribution in [2.75, 3.05) is 11.9 Å². The minimum absolute atomic E-state index is 0.228. The van der Waals surface area contributed by atoms with E-state index in [0.29, 0.717) is 18.7 Å². The number of sulfonamides is 1. The van der Waals surface area contributed by atoms with Crippen LogP contribution >= 0.6 is 0 Å². The predicted molar refractivity (Wildman–Crippen MR) is 103 cm³/mol. The fourth-order valence-electron chi connectivity index (χ4n) is 3.45. The molecule has 1 fully saturated rings. The van der Waals surface area contributed by atoms with Crippen molar-refractivity contribution in [2.24, 2.45) is 0 Å². The number of nitrogens with zero attached hydrogens (tertiary/aromatic N) is 1. The molecule has 1 amide bonds. The normalized spacial score (nSPS) is 18.5. The summed E-state index contributed by atoms with van der Waals surface area (Å²) < 4.78 is 27.4. The lowest BCUT2D eigenvalue weighted by Crippen LogP contribution is -2.49. The van der Waals surface area contributed by atoms with Gasteiger partial charge in [0, 0.05) is 12.2 Å². The zero-order valence-corrected chi connectivity index (χ0v) is 15.9. The second-order valence-corrected chi connectivity index (χ2v) is 8.70. The zero-order chi connectivity index (χ0) is 18.7. The molecule has 1 aliphatic rings. The smallest absolute Gasteiger partial charge is 0.243 e. The minimum atomic E-state index is -3.69. The molecule has 6 heteroatoms. The Balaban J connectivity index is 1.86. The van der Waals surface area contributed by atoms with Gasteiger partial charge >= 0.3 is 0 Å². The van der Waals surface area contributed by atoms with Crippen LogP contribution in [-0.2, 0) is 14.8 Å². The SMILES string of the molecule is Cc1cc(C)cc(NC(=O)[C@@H]2CCCCN2S(=O)(=O)c2ccccc2)c1. The summed E-state index contributed by atoms with van der Waals surface area (Å²) in [6.07, 6.45) is 2.13. The second-order valence-electron chi connectivity index (χ2n) is 6.81. The van der Waals surface area contributed by atoms with E-state index < -0.39 is 16.1 Å². The predicted octanol–water partition coefficient (Wildman–Crippen LogP) is 3.49. The van der Waals surface area contributed by atoms with Crippen LogP contribution in [0.5, 0.6) is 0 Å². The van der Waals surface area contributed by atoms with Crippen molar-refractivity contribution in [3.05, 3.63) is 59.7 Å². The molecular formula is C20H24N2O3S. The van der Waals surface area contributed by atoms with Gasteiger partial charge in [-0.15, -0.1) is 0 Å². The molecule has 5 nitrogen and oxygen atoms in total. The molecule has 1 heterocycles. The van der Waals surface area contributed by atoms with Gasteiger partial charge < -0.3 is 5.32 Å². The first kappa shape index (κ1) is 18.6. The molecule has 0 aromatic heterocycles. The summed E-state index contributed by atoms with van der Waals surface area (Å²) in [5.41, 5.74) is 2.81. The fraction of sp³-hybridized carbons (Fsp3) is 0.350. The molecule has 0 spiro atoms. The van der Waals surface area contributed by atoms with Crippen molar-refractivity contribution in [3.63, 3.8) is 0 Å². The highest BCUT2D eigenvalue weighted by atomic mass is 32.2. The number of hydrogen-bond acceptors (Lipinski definition) is 3.